The first-order valence-corrected chi connectivity index (χ1v) is 6.86. The molecule has 2 heterocycles. The number of nitrogens with zero attached hydrogens (tertiary/aromatic N) is 4. The molecular weight excluding hydrogens is 240 g/mol. The Hall–Kier alpha value is -1.98. The first kappa shape index (κ1) is 12.1. The molecule has 0 radical (unpaired) electrons. The zero-order chi connectivity index (χ0) is 13.1. The second kappa shape index (κ2) is 5.34. The van der Waals surface area contributed by atoms with Crippen molar-refractivity contribution in [3.63, 3.8) is 0 Å². The molecule has 100 valence electrons. The molecular formula is C13H18N6. The highest BCUT2D eigenvalue weighted by molar-refractivity contribution is 5.52. The smallest absolute Gasteiger partial charge is 0.183 e. The van der Waals surface area contributed by atoms with E-state index < -0.39 is 0 Å². The average molecular weight is 258 g/mol. The van der Waals surface area contributed by atoms with Gasteiger partial charge in [-0.2, -0.15) is 15.4 Å². The van der Waals surface area contributed by atoms with Crippen molar-refractivity contribution in [1.29, 1.82) is 0 Å². The van der Waals surface area contributed by atoms with E-state index in [1.807, 2.05) is 0 Å². The van der Waals surface area contributed by atoms with E-state index in [1.165, 1.54) is 25.7 Å². The van der Waals surface area contributed by atoms with E-state index in [1.54, 1.807) is 6.20 Å². The number of anilines is 1. The van der Waals surface area contributed by atoms with E-state index in [-0.39, 0.29) is 0 Å². The summed E-state index contributed by atoms with van der Waals surface area (Å²) in [7, 11) is 0. The zero-order valence-corrected chi connectivity index (χ0v) is 11.1. The summed E-state index contributed by atoms with van der Waals surface area (Å²) in [5, 5.41) is 13.8. The fourth-order valence-electron chi connectivity index (χ4n) is 2.59. The van der Waals surface area contributed by atoms with Gasteiger partial charge in [-0.15, -0.1) is 0 Å². The minimum Gasteiger partial charge on any atom is -0.370 e. The van der Waals surface area contributed by atoms with E-state index in [9.17, 15) is 0 Å². The molecule has 2 aromatic heterocycles. The maximum Gasteiger partial charge on any atom is 0.183 e. The molecule has 0 aliphatic heterocycles. The standard InChI is InChI=1S/C13H18N6/c1-2-14-12-7-10(9-5-3-4-6-9)16-13(17-12)11-8-15-19-18-11/h7-9H,2-6H2,1H3,(H,14,16,17)(H,15,18,19). The third kappa shape index (κ3) is 2.57. The van der Waals surface area contributed by atoms with Crippen molar-refractivity contribution < 1.29 is 0 Å². The molecule has 6 nitrogen and oxygen atoms in total. The van der Waals surface area contributed by atoms with Gasteiger partial charge in [-0.1, -0.05) is 12.8 Å². The second-order valence-corrected chi connectivity index (χ2v) is 4.87. The van der Waals surface area contributed by atoms with Gasteiger partial charge in [0.25, 0.3) is 0 Å². The molecule has 0 saturated heterocycles. The zero-order valence-electron chi connectivity index (χ0n) is 11.1. The molecule has 0 spiro atoms. The van der Waals surface area contributed by atoms with Crippen molar-refractivity contribution in [1.82, 2.24) is 25.4 Å². The van der Waals surface area contributed by atoms with Gasteiger partial charge in [-0.05, 0) is 19.8 Å². The van der Waals surface area contributed by atoms with Crippen molar-refractivity contribution >= 4 is 5.82 Å². The van der Waals surface area contributed by atoms with Crippen LogP contribution in [-0.2, 0) is 0 Å². The molecule has 1 saturated carbocycles. The van der Waals surface area contributed by atoms with Gasteiger partial charge in [0.1, 0.15) is 11.5 Å². The lowest BCUT2D eigenvalue weighted by Crippen LogP contribution is -2.06. The number of aromatic nitrogens is 5. The van der Waals surface area contributed by atoms with Gasteiger partial charge in [-0.25, -0.2) is 9.97 Å². The highest BCUT2D eigenvalue weighted by atomic mass is 15.3. The fraction of sp³-hybridized carbons (Fsp3) is 0.538. The summed E-state index contributed by atoms with van der Waals surface area (Å²) in [5.74, 6) is 2.08. The molecule has 3 rings (SSSR count). The lowest BCUT2D eigenvalue weighted by molar-refractivity contribution is 0.695. The Labute approximate surface area is 112 Å². The van der Waals surface area contributed by atoms with E-state index in [2.05, 4.69) is 43.7 Å². The normalized spacial score (nSPS) is 15.8. The summed E-state index contributed by atoms with van der Waals surface area (Å²) in [6.07, 6.45) is 6.69. The molecule has 0 aromatic carbocycles. The van der Waals surface area contributed by atoms with Crippen LogP contribution in [0.15, 0.2) is 12.3 Å². The highest BCUT2D eigenvalue weighted by Crippen LogP contribution is 2.34. The molecule has 1 aliphatic carbocycles. The highest BCUT2D eigenvalue weighted by Gasteiger charge is 2.20. The van der Waals surface area contributed by atoms with Crippen LogP contribution in [-0.4, -0.2) is 31.9 Å². The van der Waals surface area contributed by atoms with Crippen molar-refractivity contribution in [2.24, 2.45) is 0 Å². The molecule has 0 unspecified atom stereocenters. The van der Waals surface area contributed by atoms with E-state index in [0.29, 0.717) is 17.4 Å². The van der Waals surface area contributed by atoms with Gasteiger partial charge < -0.3 is 5.32 Å². The topological polar surface area (TPSA) is 79.4 Å². The van der Waals surface area contributed by atoms with Crippen molar-refractivity contribution in [2.45, 2.75) is 38.5 Å². The van der Waals surface area contributed by atoms with Crippen LogP contribution in [0.1, 0.15) is 44.2 Å². The maximum absolute atomic E-state index is 4.67. The first-order valence-electron chi connectivity index (χ1n) is 6.86. The molecule has 0 bridgehead atoms. The Morgan fingerprint density at radius 1 is 1.32 bits per heavy atom. The van der Waals surface area contributed by atoms with Gasteiger partial charge >= 0.3 is 0 Å². The van der Waals surface area contributed by atoms with Crippen LogP contribution in [0, 0.1) is 0 Å². The summed E-state index contributed by atoms with van der Waals surface area (Å²) in [6, 6.07) is 2.07. The third-order valence-corrected chi connectivity index (χ3v) is 3.52. The number of aromatic amines is 1. The number of nitrogens with one attached hydrogen (secondary N) is 2. The number of H-pyrrole nitrogens is 1. The molecule has 1 fully saturated rings. The van der Waals surface area contributed by atoms with Crippen LogP contribution < -0.4 is 5.32 Å². The van der Waals surface area contributed by atoms with Crippen LogP contribution in [0.3, 0.4) is 0 Å². The number of hydrogen-bond acceptors (Lipinski definition) is 5. The summed E-state index contributed by atoms with van der Waals surface area (Å²) in [5.41, 5.74) is 1.82. The molecule has 0 amide bonds. The number of rotatable bonds is 4. The SMILES string of the molecule is CCNc1cc(C2CCCC2)nc(-c2cn[nH]n2)n1. The lowest BCUT2D eigenvalue weighted by Gasteiger charge is -2.12. The molecule has 0 atom stereocenters. The van der Waals surface area contributed by atoms with Gasteiger partial charge in [-0.3, -0.25) is 0 Å². The predicted molar refractivity (Wildman–Crippen MR) is 72.8 cm³/mol. The van der Waals surface area contributed by atoms with Crippen LogP contribution >= 0.6 is 0 Å². The van der Waals surface area contributed by atoms with Crippen LogP contribution in [0.25, 0.3) is 11.5 Å². The van der Waals surface area contributed by atoms with Gasteiger partial charge in [0.15, 0.2) is 5.82 Å². The van der Waals surface area contributed by atoms with Gasteiger partial charge in [0, 0.05) is 24.2 Å². The van der Waals surface area contributed by atoms with E-state index in [0.717, 1.165) is 18.1 Å². The average Bonchev–Trinajstić information content (AvgIpc) is 3.12. The Kier molecular flexibility index (Phi) is 3.39. The number of hydrogen-bond donors (Lipinski definition) is 2. The monoisotopic (exact) mass is 258 g/mol. The quantitative estimate of drug-likeness (QED) is 0.880. The van der Waals surface area contributed by atoms with Crippen molar-refractivity contribution in [2.75, 3.05) is 11.9 Å². The van der Waals surface area contributed by atoms with E-state index >= 15 is 0 Å². The molecule has 6 heteroatoms. The Morgan fingerprint density at radius 3 is 2.84 bits per heavy atom. The molecule has 1 aliphatic rings. The van der Waals surface area contributed by atoms with Crippen LogP contribution in [0.5, 0.6) is 0 Å². The minimum absolute atomic E-state index is 0.561. The first-order chi connectivity index (χ1) is 9.36. The Bertz CT molecular complexity index is 530. The van der Waals surface area contributed by atoms with Crippen LogP contribution in [0.2, 0.25) is 0 Å². The van der Waals surface area contributed by atoms with E-state index in [4.69, 9.17) is 0 Å². The summed E-state index contributed by atoms with van der Waals surface area (Å²) >= 11 is 0. The Morgan fingerprint density at radius 2 is 2.16 bits per heavy atom. The Balaban J connectivity index is 1.98. The van der Waals surface area contributed by atoms with Crippen molar-refractivity contribution in [3.8, 4) is 11.5 Å². The maximum atomic E-state index is 4.67. The van der Waals surface area contributed by atoms with Crippen molar-refractivity contribution in [3.05, 3.63) is 18.0 Å². The minimum atomic E-state index is 0.561. The molecule has 19 heavy (non-hydrogen) atoms. The summed E-state index contributed by atoms with van der Waals surface area (Å²) < 4.78 is 0. The lowest BCUT2D eigenvalue weighted by atomic mass is 10.0. The summed E-state index contributed by atoms with van der Waals surface area (Å²) in [6.45, 7) is 2.91. The fourth-order valence-corrected chi connectivity index (χ4v) is 2.59. The predicted octanol–water partition coefficient (Wildman–Crippen LogP) is 2.35. The summed E-state index contributed by atoms with van der Waals surface area (Å²) in [4.78, 5) is 9.16. The third-order valence-electron chi connectivity index (χ3n) is 3.52. The van der Waals surface area contributed by atoms with Gasteiger partial charge in [0.2, 0.25) is 0 Å². The second-order valence-electron chi connectivity index (χ2n) is 4.87. The molecule has 2 N–H and O–H groups in total. The molecule has 2 aromatic rings. The van der Waals surface area contributed by atoms with Crippen LogP contribution in [0.4, 0.5) is 5.82 Å². The largest absolute Gasteiger partial charge is 0.370 e. The van der Waals surface area contributed by atoms with Gasteiger partial charge in [0.05, 0.1) is 6.20 Å².